The predicted molar refractivity (Wildman–Crippen MR) is 98.7 cm³/mol. The molecule has 1 amide bonds. The van der Waals surface area contributed by atoms with Gasteiger partial charge in [0, 0.05) is 25.4 Å². The first-order valence-corrected chi connectivity index (χ1v) is 9.10. The number of hydrogen-bond donors (Lipinski definition) is 0. The summed E-state index contributed by atoms with van der Waals surface area (Å²) >= 11 is 0. The molecule has 0 bridgehead atoms. The summed E-state index contributed by atoms with van der Waals surface area (Å²) in [7, 11) is 1.81. The number of rotatable bonds is 5. The van der Waals surface area contributed by atoms with Crippen molar-refractivity contribution in [1.29, 1.82) is 0 Å². The zero-order chi connectivity index (χ0) is 19.5. The van der Waals surface area contributed by atoms with Gasteiger partial charge in [-0.05, 0) is 31.2 Å². The number of aryl methyl sites for hydroxylation is 1. The third-order valence-corrected chi connectivity index (χ3v) is 4.49. The van der Waals surface area contributed by atoms with E-state index in [9.17, 15) is 4.79 Å². The van der Waals surface area contributed by atoms with Crippen LogP contribution in [0.3, 0.4) is 0 Å². The Bertz CT molecular complexity index is 949. The number of hydrogen-bond acceptors (Lipinski definition) is 7. The number of carbonyl (C=O) groups is 1. The van der Waals surface area contributed by atoms with Gasteiger partial charge in [0.25, 0.3) is 11.8 Å². The standard InChI is InChI=1S/C19H21N5O4/c1-3-27-15-6-4-13(5-7-15)19(25)24-8-9-26-12-16(24)17-21-18(28-22-17)14-10-20-23(2)11-14/h4-7,10-11,16H,3,8-9,12H2,1-2H3. The van der Waals surface area contributed by atoms with E-state index in [4.69, 9.17) is 14.0 Å². The van der Waals surface area contributed by atoms with E-state index in [0.29, 0.717) is 43.6 Å². The Morgan fingerprint density at radius 2 is 2.14 bits per heavy atom. The lowest BCUT2D eigenvalue weighted by atomic mass is 10.1. The molecule has 1 aromatic carbocycles. The molecule has 9 nitrogen and oxygen atoms in total. The summed E-state index contributed by atoms with van der Waals surface area (Å²) in [6.45, 7) is 3.73. The Kier molecular flexibility index (Phi) is 5.07. The molecule has 4 rings (SSSR count). The summed E-state index contributed by atoms with van der Waals surface area (Å²) in [4.78, 5) is 19.2. The molecule has 1 aliphatic rings. The summed E-state index contributed by atoms with van der Waals surface area (Å²) in [5, 5.41) is 8.18. The Labute approximate surface area is 161 Å². The van der Waals surface area contributed by atoms with Crippen molar-refractivity contribution in [3.8, 4) is 17.2 Å². The van der Waals surface area contributed by atoms with Crippen LogP contribution in [0, 0.1) is 0 Å². The van der Waals surface area contributed by atoms with Gasteiger partial charge in [-0.2, -0.15) is 10.1 Å². The van der Waals surface area contributed by atoms with Gasteiger partial charge < -0.3 is 18.9 Å². The Morgan fingerprint density at radius 3 is 2.86 bits per heavy atom. The van der Waals surface area contributed by atoms with E-state index in [1.807, 2.05) is 14.0 Å². The molecule has 0 saturated carbocycles. The molecular formula is C19H21N5O4. The molecule has 3 aromatic rings. The van der Waals surface area contributed by atoms with Crippen molar-refractivity contribution < 1.29 is 18.8 Å². The van der Waals surface area contributed by atoms with Crippen molar-refractivity contribution in [2.75, 3.05) is 26.4 Å². The van der Waals surface area contributed by atoms with E-state index in [1.54, 1.807) is 46.2 Å². The first kappa shape index (κ1) is 18.2. The fraction of sp³-hybridized carbons (Fsp3) is 0.368. The van der Waals surface area contributed by atoms with E-state index in [1.165, 1.54) is 0 Å². The van der Waals surface area contributed by atoms with Crippen molar-refractivity contribution in [2.24, 2.45) is 7.05 Å². The zero-order valence-corrected chi connectivity index (χ0v) is 15.7. The van der Waals surface area contributed by atoms with Gasteiger partial charge >= 0.3 is 0 Å². The molecule has 0 radical (unpaired) electrons. The summed E-state index contributed by atoms with van der Waals surface area (Å²) in [6, 6.07) is 6.69. The van der Waals surface area contributed by atoms with Crippen molar-refractivity contribution in [3.63, 3.8) is 0 Å². The largest absolute Gasteiger partial charge is 0.494 e. The number of morpholine rings is 1. The van der Waals surface area contributed by atoms with Crippen LogP contribution in [-0.4, -0.2) is 57.1 Å². The smallest absolute Gasteiger partial charge is 0.261 e. The molecule has 1 saturated heterocycles. The van der Waals surface area contributed by atoms with Crippen LogP contribution in [0.4, 0.5) is 0 Å². The topological polar surface area (TPSA) is 95.5 Å². The molecule has 0 spiro atoms. The lowest BCUT2D eigenvalue weighted by Gasteiger charge is -2.33. The van der Waals surface area contributed by atoms with Crippen LogP contribution in [0.1, 0.15) is 29.1 Å². The number of ether oxygens (including phenoxy) is 2. The fourth-order valence-electron chi connectivity index (χ4n) is 3.11. The fourth-order valence-corrected chi connectivity index (χ4v) is 3.11. The maximum absolute atomic E-state index is 13.1. The third kappa shape index (κ3) is 3.61. The molecule has 28 heavy (non-hydrogen) atoms. The van der Waals surface area contributed by atoms with Crippen LogP contribution < -0.4 is 4.74 Å². The van der Waals surface area contributed by atoms with Crippen LogP contribution in [0.2, 0.25) is 0 Å². The van der Waals surface area contributed by atoms with Crippen LogP contribution in [0.5, 0.6) is 5.75 Å². The minimum atomic E-state index is -0.415. The molecule has 146 valence electrons. The third-order valence-electron chi connectivity index (χ3n) is 4.49. The minimum absolute atomic E-state index is 0.107. The van der Waals surface area contributed by atoms with Gasteiger partial charge in [0.15, 0.2) is 5.82 Å². The number of benzene rings is 1. The van der Waals surface area contributed by atoms with E-state index in [0.717, 1.165) is 11.3 Å². The predicted octanol–water partition coefficient (Wildman–Crippen LogP) is 2.08. The van der Waals surface area contributed by atoms with Crippen LogP contribution >= 0.6 is 0 Å². The zero-order valence-electron chi connectivity index (χ0n) is 15.7. The molecule has 1 aliphatic heterocycles. The second-order valence-corrected chi connectivity index (χ2v) is 6.41. The molecule has 2 aromatic heterocycles. The second kappa shape index (κ2) is 7.81. The highest BCUT2D eigenvalue weighted by molar-refractivity contribution is 5.94. The first-order valence-electron chi connectivity index (χ1n) is 9.10. The highest BCUT2D eigenvalue weighted by Gasteiger charge is 2.33. The molecule has 3 heterocycles. The molecule has 0 aliphatic carbocycles. The van der Waals surface area contributed by atoms with Crippen molar-refractivity contribution >= 4 is 5.91 Å². The SMILES string of the molecule is CCOc1ccc(C(=O)N2CCOCC2c2noc(-c3cnn(C)c3)n2)cc1. The highest BCUT2D eigenvalue weighted by Crippen LogP contribution is 2.27. The maximum Gasteiger partial charge on any atom is 0.261 e. The Balaban J connectivity index is 1.56. The number of amides is 1. The highest BCUT2D eigenvalue weighted by atomic mass is 16.5. The summed E-state index contributed by atoms with van der Waals surface area (Å²) in [6.07, 6.45) is 3.44. The quantitative estimate of drug-likeness (QED) is 0.665. The lowest BCUT2D eigenvalue weighted by molar-refractivity contribution is -0.00577. The maximum atomic E-state index is 13.1. The van der Waals surface area contributed by atoms with Crippen molar-refractivity contribution in [1.82, 2.24) is 24.8 Å². The summed E-state index contributed by atoms with van der Waals surface area (Å²) < 4.78 is 18.0. The normalized spacial score (nSPS) is 16.9. The van der Waals surface area contributed by atoms with Gasteiger partial charge in [0.1, 0.15) is 11.8 Å². The molecule has 1 atom stereocenters. The van der Waals surface area contributed by atoms with Gasteiger partial charge in [0.2, 0.25) is 0 Å². The number of nitrogens with zero attached hydrogens (tertiary/aromatic N) is 5. The Morgan fingerprint density at radius 1 is 1.32 bits per heavy atom. The van der Waals surface area contributed by atoms with Gasteiger partial charge in [-0.15, -0.1) is 0 Å². The average Bonchev–Trinajstić information content (AvgIpc) is 3.37. The average molecular weight is 383 g/mol. The molecular weight excluding hydrogens is 362 g/mol. The van der Waals surface area contributed by atoms with Gasteiger partial charge in [-0.3, -0.25) is 9.48 Å². The summed E-state index contributed by atoms with van der Waals surface area (Å²) in [5.41, 5.74) is 1.30. The molecule has 1 fully saturated rings. The van der Waals surface area contributed by atoms with Crippen LogP contribution in [-0.2, 0) is 11.8 Å². The van der Waals surface area contributed by atoms with Gasteiger partial charge in [-0.25, -0.2) is 0 Å². The van der Waals surface area contributed by atoms with E-state index in [2.05, 4.69) is 15.2 Å². The molecule has 0 N–H and O–H groups in total. The van der Waals surface area contributed by atoms with E-state index < -0.39 is 6.04 Å². The molecule has 9 heteroatoms. The van der Waals surface area contributed by atoms with Gasteiger partial charge in [-0.1, -0.05) is 5.16 Å². The lowest BCUT2D eigenvalue weighted by Crippen LogP contribution is -2.43. The second-order valence-electron chi connectivity index (χ2n) is 6.41. The van der Waals surface area contributed by atoms with Crippen LogP contribution in [0.25, 0.3) is 11.5 Å². The summed E-state index contributed by atoms with van der Waals surface area (Å²) in [5.74, 6) is 1.40. The monoisotopic (exact) mass is 383 g/mol. The number of aromatic nitrogens is 4. The van der Waals surface area contributed by atoms with E-state index >= 15 is 0 Å². The van der Waals surface area contributed by atoms with Crippen molar-refractivity contribution in [3.05, 3.63) is 48.0 Å². The first-order chi connectivity index (χ1) is 13.7. The molecule has 1 unspecified atom stereocenters. The number of carbonyl (C=O) groups excluding carboxylic acids is 1. The van der Waals surface area contributed by atoms with Crippen LogP contribution in [0.15, 0.2) is 41.2 Å². The minimum Gasteiger partial charge on any atom is -0.494 e. The van der Waals surface area contributed by atoms with Gasteiger partial charge in [0.05, 0.1) is 31.6 Å². The van der Waals surface area contributed by atoms with E-state index in [-0.39, 0.29) is 5.91 Å². The Hall–Kier alpha value is -3.20. The van der Waals surface area contributed by atoms with Crippen molar-refractivity contribution in [2.45, 2.75) is 13.0 Å².